The molecule has 2 rings (SSSR count). The predicted octanol–water partition coefficient (Wildman–Crippen LogP) is 3.60. The minimum Gasteiger partial charge on any atom is -0.481 e. The largest absolute Gasteiger partial charge is 0.481 e. The normalized spacial score (nSPS) is 25.5. The van der Waals surface area contributed by atoms with Crippen molar-refractivity contribution in [3.8, 4) is 5.75 Å². The van der Waals surface area contributed by atoms with Gasteiger partial charge in [0.1, 0.15) is 5.75 Å². The van der Waals surface area contributed by atoms with Gasteiger partial charge in [-0.3, -0.25) is 9.59 Å². The molecule has 1 fully saturated rings. The maximum atomic E-state index is 12.4. The summed E-state index contributed by atoms with van der Waals surface area (Å²) in [7, 11) is 0. The van der Waals surface area contributed by atoms with Gasteiger partial charge in [-0.05, 0) is 56.4 Å². The first-order chi connectivity index (χ1) is 10.9. The zero-order chi connectivity index (χ0) is 17.0. The number of nitrogens with one attached hydrogen (secondary N) is 1. The fourth-order valence-corrected chi connectivity index (χ4v) is 3.11. The molecule has 1 amide bonds. The quantitative estimate of drug-likeness (QED) is 0.844. The van der Waals surface area contributed by atoms with Gasteiger partial charge < -0.3 is 10.1 Å². The van der Waals surface area contributed by atoms with Crippen LogP contribution < -0.4 is 10.1 Å². The molecule has 0 radical (unpaired) electrons. The SMILES string of the molecule is CC(=O)c1ccc(O[C@H](C)C(=O)N[C@H]2CCC[C@H](C)[C@H]2C)cc1. The van der Waals surface area contributed by atoms with Crippen LogP contribution in [0.2, 0.25) is 0 Å². The van der Waals surface area contributed by atoms with Crippen molar-refractivity contribution in [3.63, 3.8) is 0 Å². The summed E-state index contributed by atoms with van der Waals surface area (Å²) >= 11 is 0. The molecule has 23 heavy (non-hydrogen) atoms. The Kier molecular flexibility index (Phi) is 5.80. The zero-order valence-electron chi connectivity index (χ0n) is 14.5. The van der Waals surface area contributed by atoms with Crippen molar-refractivity contribution < 1.29 is 14.3 Å². The monoisotopic (exact) mass is 317 g/mol. The van der Waals surface area contributed by atoms with Crippen molar-refractivity contribution in [1.29, 1.82) is 0 Å². The van der Waals surface area contributed by atoms with E-state index in [-0.39, 0.29) is 17.7 Å². The van der Waals surface area contributed by atoms with Gasteiger partial charge >= 0.3 is 0 Å². The van der Waals surface area contributed by atoms with Crippen LogP contribution >= 0.6 is 0 Å². The predicted molar refractivity (Wildman–Crippen MR) is 90.6 cm³/mol. The van der Waals surface area contributed by atoms with E-state index in [9.17, 15) is 9.59 Å². The first kappa shape index (κ1) is 17.5. The van der Waals surface area contributed by atoms with Crippen molar-refractivity contribution in [2.75, 3.05) is 0 Å². The molecule has 1 aromatic carbocycles. The Hall–Kier alpha value is -1.84. The Morgan fingerprint density at radius 3 is 2.43 bits per heavy atom. The van der Waals surface area contributed by atoms with Crippen LogP contribution in [0.1, 0.15) is 57.3 Å². The molecule has 1 saturated carbocycles. The number of rotatable bonds is 5. The second-order valence-electron chi connectivity index (χ2n) is 6.72. The molecule has 0 spiro atoms. The number of hydrogen-bond acceptors (Lipinski definition) is 3. The number of hydrogen-bond donors (Lipinski definition) is 1. The summed E-state index contributed by atoms with van der Waals surface area (Å²) in [6, 6.07) is 7.12. The van der Waals surface area contributed by atoms with Crippen molar-refractivity contribution in [2.45, 2.75) is 59.1 Å². The Bertz CT molecular complexity index is 552. The lowest BCUT2D eigenvalue weighted by atomic mass is 9.78. The van der Waals surface area contributed by atoms with Gasteiger partial charge in [-0.25, -0.2) is 0 Å². The van der Waals surface area contributed by atoms with Gasteiger partial charge in [0, 0.05) is 11.6 Å². The number of Topliss-reactive ketones (excluding diaryl/α,β-unsaturated/α-hetero) is 1. The van der Waals surface area contributed by atoms with Crippen LogP contribution in [0.25, 0.3) is 0 Å². The summed E-state index contributed by atoms with van der Waals surface area (Å²) in [4.78, 5) is 23.6. The second-order valence-corrected chi connectivity index (χ2v) is 6.72. The molecular weight excluding hydrogens is 290 g/mol. The van der Waals surface area contributed by atoms with Crippen molar-refractivity contribution in [2.24, 2.45) is 11.8 Å². The van der Waals surface area contributed by atoms with E-state index in [2.05, 4.69) is 19.2 Å². The van der Waals surface area contributed by atoms with E-state index in [1.807, 2.05) is 0 Å². The van der Waals surface area contributed by atoms with Gasteiger partial charge in [-0.15, -0.1) is 0 Å². The van der Waals surface area contributed by atoms with Gasteiger partial charge in [0.2, 0.25) is 0 Å². The molecule has 4 heteroatoms. The van der Waals surface area contributed by atoms with Crippen LogP contribution in [-0.2, 0) is 4.79 Å². The van der Waals surface area contributed by atoms with Gasteiger partial charge in [0.25, 0.3) is 5.91 Å². The van der Waals surface area contributed by atoms with Crippen LogP contribution in [0.5, 0.6) is 5.75 Å². The summed E-state index contributed by atoms with van der Waals surface area (Å²) in [6.07, 6.45) is 2.89. The highest BCUT2D eigenvalue weighted by Crippen LogP contribution is 2.29. The molecule has 0 bridgehead atoms. The first-order valence-electron chi connectivity index (χ1n) is 8.46. The van der Waals surface area contributed by atoms with E-state index in [0.29, 0.717) is 23.1 Å². The van der Waals surface area contributed by atoms with Crippen LogP contribution in [0.3, 0.4) is 0 Å². The fraction of sp³-hybridized carbons (Fsp3) is 0.579. The van der Waals surface area contributed by atoms with Crippen LogP contribution in [-0.4, -0.2) is 23.8 Å². The smallest absolute Gasteiger partial charge is 0.261 e. The van der Waals surface area contributed by atoms with Crippen LogP contribution in [0.15, 0.2) is 24.3 Å². The number of ketones is 1. The molecule has 4 atom stereocenters. The maximum absolute atomic E-state index is 12.4. The third-order valence-electron chi connectivity index (χ3n) is 4.98. The minimum absolute atomic E-state index is 0.0164. The molecule has 1 aliphatic carbocycles. The van der Waals surface area contributed by atoms with Crippen molar-refractivity contribution >= 4 is 11.7 Å². The fourth-order valence-electron chi connectivity index (χ4n) is 3.11. The minimum atomic E-state index is -0.553. The Morgan fingerprint density at radius 2 is 1.83 bits per heavy atom. The summed E-state index contributed by atoms with van der Waals surface area (Å²) in [5.41, 5.74) is 0.638. The molecule has 1 N–H and O–H groups in total. The molecule has 1 aliphatic rings. The summed E-state index contributed by atoms with van der Waals surface area (Å²) in [5, 5.41) is 3.13. The summed E-state index contributed by atoms with van der Waals surface area (Å²) in [6.45, 7) is 7.74. The number of carbonyl (C=O) groups is 2. The van der Waals surface area contributed by atoms with E-state index in [4.69, 9.17) is 4.74 Å². The lowest BCUT2D eigenvalue weighted by Gasteiger charge is -2.35. The average Bonchev–Trinajstić information content (AvgIpc) is 2.52. The lowest BCUT2D eigenvalue weighted by Crippen LogP contribution is -2.48. The van der Waals surface area contributed by atoms with Crippen molar-refractivity contribution in [3.05, 3.63) is 29.8 Å². The van der Waals surface area contributed by atoms with Crippen LogP contribution in [0.4, 0.5) is 0 Å². The summed E-state index contributed by atoms with van der Waals surface area (Å²) < 4.78 is 5.69. The molecule has 0 unspecified atom stereocenters. The standard InChI is InChI=1S/C19H27NO3/c1-12-6-5-7-18(13(12)2)20-19(22)15(4)23-17-10-8-16(9-11-17)14(3)21/h8-13,15,18H,5-7H2,1-4H3,(H,20,22)/t12-,13+,15+,18-/m0/s1. The molecule has 0 aromatic heterocycles. The molecular formula is C19H27NO3. The Labute approximate surface area is 138 Å². The third kappa shape index (κ3) is 4.57. The topological polar surface area (TPSA) is 55.4 Å². The average molecular weight is 317 g/mol. The third-order valence-corrected chi connectivity index (χ3v) is 4.98. The van der Waals surface area contributed by atoms with E-state index < -0.39 is 6.10 Å². The maximum Gasteiger partial charge on any atom is 0.261 e. The molecule has 4 nitrogen and oxygen atoms in total. The second kappa shape index (κ2) is 7.62. The highest BCUT2D eigenvalue weighted by atomic mass is 16.5. The van der Waals surface area contributed by atoms with Gasteiger partial charge in [0.05, 0.1) is 0 Å². The van der Waals surface area contributed by atoms with Gasteiger partial charge in [0.15, 0.2) is 11.9 Å². The van der Waals surface area contributed by atoms with Crippen LogP contribution in [0, 0.1) is 11.8 Å². The first-order valence-corrected chi connectivity index (χ1v) is 8.46. The van der Waals surface area contributed by atoms with Gasteiger partial charge in [-0.2, -0.15) is 0 Å². The van der Waals surface area contributed by atoms with Gasteiger partial charge in [-0.1, -0.05) is 26.7 Å². The number of ether oxygens (including phenoxy) is 1. The van der Waals surface area contributed by atoms with Crippen molar-refractivity contribution in [1.82, 2.24) is 5.32 Å². The molecule has 126 valence electrons. The zero-order valence-corrected chi connectivity index (χ0v) is 14.5. The highest BCUT2D eigenvalue weighted by Gasteiger charge is 2.29. The van der Waals surface area contributed by atoms with E-state index in [0.717, 1.165) is 12.8 Å². The number of carbonyl (C=O) groups excluding carboxylic acids is 2. The molecule has 0 heterocycles. The molecule has 0 saturated heterocycles. The molecule has 0 aliphatic heterocycles. The number of amides is 1. The van der Waals surface area contributed by atoms with E-state index >= 15 is 0 Å². The lowest BCUT2D eigenvalue weighted by molar-refractivity contribution is -0.128. The highest BCUT2D eigenvalue weighted by molar-refractivity contribution is 5.94. The van der Waals surface area contributed by atoms with E-state index in [1.165, 1.54) is 13.3 Å². The Morgan fingerprint density at radius 1 is 1.17 bits per heavy atom. The molecule has 1 aromatic rings. The van der Waals surface area contributed by atoms with E-state index in [1.54, 1.807) is 31.2 Å². The number of benzene rings is 1. The Balaban J connectivity index is 1.90. The summed E-state index contributed by atoms with van der Waals surface area (Å²) in [5.74, 6) is 1.68.